The first-order chi connectivity index (χ1) is 6.88. The number of fused-ring (bicyclic) bond motifs is 3. The van der Waals surface area contributed by atoms with E-state index < -0.39 is 0 Å². The van der Waals surface area contributed by atoms with E-state index in [1.165, 1.54) is 0 Å². The zero-order chi connectivity index (χ0) is 9.54. The number of carbonyl (C=O) groups is 1. The molecule has 14 heavy (non-hydrogen) atoms. The third kappa shape index (κ3) is 0.814. The van der Waals surface area contributed by atoms with Crippen LogP contribution in [0, 0.1) is 6.07 Å². The van der Waals surface area contributed by atoms with Crippen molar-refractivity contribution in [2.75, 3.05) is 0 Å². The first kappa shape index (κ1) is 7.51. The zero-order valence-corrected chi connectivity index (χ0v) is 7.45. The predicted molar refractivity (Wildman–Crippen MR) is 54.1 cm³/mol. The summed E-state index contributed by atoms with van der Waals surface area (Å²) in [6.45, 7) is 0. The molecule has 0 spiro atoms. The van der Waals surface area contributed by atoms with Crippen LogP contribution in [-0.4, -0.2) is 5.78 Å². The molecule has 3 rings (SSSR count). The minimum absolute atomic E-state index is 0.118. The number of rotatable bonds is 0. The Kier molecular flexibility index (Phi) is 1.37. The maximum atomic E-state index is 11.9. The van der Waals surface area contributed by atoms with Gasteiger partial charge < -0.3 is 0 Å². The van der Waals surface area contributed by atoms with E-state index in [4.69, 9.17) is 0 Å². The smallest absolute Gasteiger partial charge is 0.194 e. The Hall–Kier alpha value is -1.89. The molecule has 65 valence electrons. The molecule has 0 atom stereocenters. The van der Waals surface area contributed by atoms with Crippen LogP contribution in [0.5, 0.6) is 0 Å². The Balaban J connectivity index is 2.42. The number of ketones is 1. The van der Waals surface area contributed by atoms with Crippen LogP contribution < -0.4 is 0 Å². The normalized spacial score (nSPS) is 12.4. The molecule has 0 saturated heterocycles. The van der Waals surface area contributed by atoms with Crippen LogP contribution in [0.3, 0.4) is 0 Å². The first-order valence-corrected chi connectivity index (χ1v) is 4.52. The third-order valence-corrected chi connectivity index (χ3v) is 2.57. The quantitative estimate of drug-likeness (QED) is 0.518. The van der Waals surface area contributed by atoms with E-state index >= 15 is 0 Å². The SMILES string of the molecule is O=C1c2c[c]ccc2-c2ccccc21. The number of carbonyl (C=O) groups excluding carboxylic acids is 1. The molecule has 0 unspecified atom stereocenters. The summed E-state index contributed by atoms with van der Waals surface area (Å²) >= 11 is 0. The lowest BCUT2D eigenvalue weighted by atomic mass is 10.1. The summed E-state index contributed by atoms with van der Waals surface area (Å²) in [5.41, 5.74) is 3.65. The van der Waals surface area contributed by atoms with Gasteiger partial charge in [-0.05, 0) is 23.3 Å². The van der Waals surface area contributed by atoms with Gasteiger partial charge in [0.1, 0.15) is 0 Å². The fourth-order valence-corrected chi connectivity index (χ4v) is 1.91. The van der Waals surface area contributed by atoms with Crippen molar-refractivity contribution in [3.05, 3.63) is 59.7 Å². The lowest BCUT2D eigenvalue weighted by molar-refractivity contribution is 0.104. The summed E-state index contributed by atoms with van der Waals surface area (Å²) in [4.78, 5) is 11.9. The highest BCUT2D eigenvalue weighted by Crippen LogP contribution is 2.35. The van der Waals surface area contributed by atoms with Gasteiger partial charge in [-0.2, -0.15) is 0 Å². The maximum absolute atomic E-state index is 11.9. The van der Waals surface area contributed by atoms with Gasteiger partial charge in [-0.3, -0.25) is 4.79 Å². The number of hydrogen-bond donors (Lipinski definition) is 0. The van der Waals surface area contributed by atoms with Gasteiger partial charge in [-0.25, -0.2) is 0 Å². The molecular weight excluding hydrogens is 172 g/mol. The topological polar surface area (TPSA) is 17.1 Å². The summed E-state index contributed by atoms with van der Waals surface area (Å²) in [5.74, 6) is 0.118. The van der Waals surface area contributed by atoms with Crippen molar-refractivity contribution in [1.82, 2.24) is 0 Å². The molecule has 0 aliphatic heterocycles. The first-order valence-electron chi connectivity index (χ1n) is 4.52. The van der Waals surface area contributed by atoms with Gasteiger partial charge in [0, 0.05) is 11.1 Å². The second kappa shape index (κ2) is 2.55. The molecule has 1 nitrogen and oxygen atoms in total. The van der Waals surface area contributed by atoms with Gasteiger partial charge in [0.2, 0.25) is 0 Å². The van der Waals surface area contributed by atoms with Crippen molar-refractivity contribution >= 4 is 5.78 Å². The van der Waals surface area contributed by atoms with E-state index in [2.05, 4.69) is 6.07 Å². The molecule has 1 heteroatoms. The number of hydrogen-bond acceptors (Lipinski definition) is 1. The minimum Gasteiger partial charge on any atom is -0.289 e. The van der Waals surface area contributed by atoms with Crippen LogP contribution >= 0.6 is 0 Å². The predicted octanol–water partition coefficient (Wildman–Crippen LogP) is 2.70. The monoisotopic (exact) mass is 179 g/mol. The van der Waals surface area contributed by atoms with Crippen LogP contribution in [0.2, 0.25) is 0 Å². The lowest BCUT2D eigenvalue weighted by Gasteiger charge is -1.96. The summed E-state index contributed by atoms with van der Waals surface area (Å²) < 4.78 is 0. The summed E-state index contributed by atoms with van der Waals surface area (Å²) in [6, 6.07) is 16.2. The van der Waals surface area contributed by atoms with E-state index in [1.54, 1.807) is 6.07 Å². The van der Waals surface area contributed by atoms with Gasteiger partial charge in [0.15, 0.2) is 5.78 Å². The molecule has 1 aliphatic rings. The van der Waals surface area contributed by atoms with Crippen molar-refractivity contribution in [2.24, 2.45) is 0 Å². The Bertz CT molecular complexity index is 479. The van der Waals surface area contributed by atoms with E-state index in [0.717, 1.165) is 22.3 Å². The van der Waals surface area contributed by atoms with Gasteiger partial charge in [-0.1, -0.05) is 36.4 Å². The number of benzene rings is 2. The van der Waals surface area contributed by atoms with Crippen LogP contribution in [-0.2, 0) is 0 Å². The highest BCUT2D eigenvalue weighted by Gasteiger charge is 2.24. The molecule has 0 amide bonds. The Labute approximate surface area is 82.0 Å². The molecule has 2 aromatic rings. The van der Waals surface area contributed by atoms with Crippen LogP contribution in [0.15, 0.2) is 42.5 Å². The molecule has 0 saturated carbocycles. The van der Waals surface area contributed by atoms with E-state index in [0.29, 0.717) is 0 Å². The van der Waals surface area contributed by atoms with Gasteiger partial charge >= 0.3 is 0 Å². The zero-order valence-electron chi connectivity index (χ0n) is 7.45. The molecular formula is C13H7O. The fourth-order valence-electron chi connectivity index (χ4n) is 1.91. The van der Waals surface area contributed by atoms with Gasteiger partial charge in [0.05, 0.1) is 0 Å². The van der Waals surface area contributed by atoms with Crippen molar-refractivity contribution in [1.29, 1.82) is 0 Å². The van der Waals surface area contributed by atoms with E-state index in [-0.39, 0.29) is 5.78 Å². The van der Waals surface area contributed by atoms with Crippen molar-refractivity contribution < 1.29 is 4.79 Å². The van der Waals surface area contributed by atoms with Crippen LogP contribution in [0.25, 0.3) is 11.1 Å². The molecule has 0 aromatic heterocycles. The highest BCUT2D eigenvalue weighted by atomic mass is 16.1. The minimum atomic E-state index is 0.118. The van der Waals surface area contributed by atoms with Crippen molar-refractivity contribution in [3.8, 4) is 11.1 Å². The largest absolute Gasteiger partial charge is 0.289 e. The highest BCUT2D eigenvalue weighted by molar-refractivity contribution is 6.21. The summed E-state index contributed by atoms with van der Waals surface area (Å²) in [5, 5.41) is 0. The molecule has 0 N–H and O–H groups in total. The molecule has 0 bridgehead atoms. The van der Waals surface area contributed by atoms with Crippen LogP contribution in [0.1, 0.15) is 15.9 Å². The molecule has 2 aromatic carbocycles. The average Bonchev–Trinajstić information content (AvgIpc) is 2.55. The second-order valence-electron chi connectivity index (χ2n) is 3.35. The summed E-state index contributed by atoms with van der Waals surface area (Å²) in [6.07, 6.45) is 0. The molecule has 0 fully saturated rings. The summed E-state index contributed by atoms with van der Waals surface area (Å²) in [7, 11) is 0. The third-order valence-electron chi connectivity index (χ3n) is 2.57. The fraction of sp³-hybridized carbons (Fsp3) is 0. The van der Waals surface area contributed by atoms with Crippen molar-refractivity contribution in [2.45, 2.75) is 0 Å². The van der Waals surface area contributed by atoms with Gasteiger partial charge in [0.25, 0.3) is 0 Å². The average molecular weight is 179 g/mol. The lowest BCUT2D eigenvalue weighted by Crippen LogP contribution is -1.93. The van der Waals surface area contributed by atoms with Crippen LogP contribution in [0.4, 0.5) is 0 Å². The molecule has 0 heterocycles. The second-order valence-corrected chi connectivity index (χ2v) is 3.35. The van der Waals surface area contributed by atoms with Crippen molar-refractivity contribution in [3.63, 3.8) is 0 Å². The molecule has 1 aliphatic carbocycles. The Morgan fingerprint density at radius 3 is 2.43 bits per heavy atom. The Morgan fingerprint density at radius 2 is 1.57 bits per heavy atom. The van der Waals surface area contributed by atoms with E-state index in [9.17, 15) is 4.79 Å². The van der Waals surface area contributed by atoms with E-state index in [1.807, 2.05) is 36.4 Å². The van der Waals surface area contributed by atoms with Gasteiger partial charge in [-0.15, -0.1) is 0 Å². The standard InChI is InChI=1S/C13H7O/c14-13-11-7-3-1-5-9(11)10-6-2-4-8-12(10)13/h1-3,5-8H. The Morgan fingerprint density at radius 1 is 0.857 bits per heavy atom. The molecule has 1 radical (unpaired) electrons. The maximum Gasteiger partial charge on any atom is 0.194 e.